The van der Waals surface area contributed by atoms with Gasteiger partial charge in [-0.2, -0.15) is 0 Å². The van der Waals surface area contributed by atoms with Crippen molar-refractivity contribution in [3.05, 3.63) is 63.6 Å². The van der Waals surface area contributed by atoms with Crippen LogP contribution in [0.3, 0.4) is 0 Å². The maximum absolute atomic E-state index is 13.3. The Hall–Kier alpha value is -2.68. The molecule has 2 aliphatic heterocycles. The molecule has 1 fully saturated rings. The van der Waals surface area contributed by atoms with Gasteiger partial charge in [0.25, 0.3) is 5.91 Å². The van der Waals surface area contributed by atoms with E-state index in [9.17, 15) is 14.7 Å². The number of nitrogens with zero attached hydrogens (tertiary/aromatic N) is 2. The van der Waals surface area contributed by atoms with Crippen LogP contribution >= 0.6 is 11.3 Å². The van der Waals surface area contributed by atoms with E-state index < -0.39 is 17.7 Å². The summed E-state index contributed by atoms with van der Waals surface area (Å²) in [5.74, 6) is -0.504. The Bertz CT molecular complexity index is 981. The molecule has 1 saturated heterocycles. The number of carbonyl (C=O) groups is 2. The summed E-state index contributed by atoms with van der Waals surface area (Å²) >= 11 is 1.30. The second-order valence-electron chi connectivity index (χ2n) is 8.19. The van der Waals surface area contributed by atoms with Gasteiger partial charge in [-0.3, -0.25) is 14.5 Å². The minimum absolute atomic E-state index is 0.149. The number of ether oxygens (including phenoxy) is 2. The van der Waals surface area contributed by atoms with E-state index in [-0.39, 0.29) is 11.4 Å². The summed E-state index contributed by atoms with van der Waals surface area (Å²) in [4.78, 5) is 30.8. The van der Waals surface area contributed by atoms with E-state index in [1.165, 1.54) is 11.3 Å². The summed E-state index contributed by atoms with van der Waals surface area (Å²) in [7, 11) is 0. The van der Waals surface area contributed by atoms with Crippen LogP contribution in [0.15, 0.2) is 53.1 Å². The van der Waals surface area contributed by atoms with Gasteiger partial charge in [0.15, 0.2) is 5.76 Å². The summed E-state index contributed by atoms with van der Waals surface area (Å²) in [6.07, 6.45) is 1.65. The molecule has 1 aromatic heterocycles. The minimum Gasteiger partial charge on any atom is -0.503 e. The molecular formula is C25H30N2O5S. The van der Waals surface area contributed by atoms with Gasteiger partial charge >= 0.3 is 0 Å². The molecule has 8 heteroatoms. The van der Waals surface area contributed by atoms with Crippen LogP contribution in [0.2, 0.25) is 0 Å². The Kier molecular flexibility index (Phi) is 7.80. The molecule has 176 valence electrons. The number of aliphatic hydroxyl groups is 1. The van der Waals surface area contributed by atoms with Crippen molar-refractivity contribution in [2.45, 2.75) is 25.8 Å². The third-order valence-corrected chi connectivity index (χ3v) is 6.81. The second kappa shape index (κ2) is 11.0. The molecule has 0 saturated carbocycles. The molecule has 1 N–H and O–H groups in total. The van der Waals surface area contributed by atoms with Gasteiger partial charge in [0, 0.05) is 26.2 Å². The first kappa shape index (κ1) is 23.5. The van der Waals surface area contributed by atoms with Gasteiger partial charge in [0.1, 0.15) is 5.75 Å². The van der Waals surface area contributed by atoms with Gasteiger partial charge < -0.3 is 19.5 Å². The molecule has 3 heterocycles. The topological polar surface area (TPSA) is 79.3 Å². The largest absolute Gasteiger partial charge is 0.503 e. The van der Waals surface area contributed by atoms with E-state index in [0.29, 0.717) is 18.0 Å². The number of amides is 1. The van der Waals surface area contributed by atoms with Crippen LogP contribution in [0.25, 0.3) is 0 Å². The molecule has 4 rings (SSSR count). The Morgan fingerprint density at radius 1 is 1.18 bits per heavy atom. The summed E-state index contributed by atoms with van der Waals surface area (Å²) < 4.78 is 11.1. The van der Waals surface area contributed by atoms with E-state index in [1.54, 1.807) is 17.0 Å². The molecule has 1 amide bonds. The van der Waals surface area contributed by atoms with Crippen LogP contribution in [0, 0.1) is 0 Å². The van der Waals surface area contributed by atoms with Crippen LogP contribution < -0.4 is 4.74 Å². The lowest BCUT2D eigenvalue weighted by molar-refractivity contribution is -0.129. The molecule has 0 bridgehead atoms. The first-order valence-electron chi connectivity index (χ1n) is 11.4. The quantitative estimate of drug-likeness (QED) is 0.532. The summed E-state index contributed by atoms with van der Waals surface area (Å²) in [5, 5.41) is 12.6. The number of morpholine rings is 1. The molecule has 1 atom stereocenters. The average Bonchev–Trinajstić information content (AvgIpc) is 3.47. The van der Waals surface area contributed by atoms with Crippen LogP contribution in [0.1, 0.15) is 41.0 Å². The third-order valence-electron chi connectivity index (χ3n) is 5.94. The summed E-state index contributed by atoms with van der Waals surface area (Å²) in [6, 6.07) is 10.3. The Labute approximate surface area is 198 Å². The summed E-state index contributed by atoms with van der Waals surface area (Å²) in [5.41, 5.74) is 0.929. The molecule has 33 heavy (non-hydrogen) atoms. The highest BCUT2D eigenvalue weighted by Crippen LogP contribution is 2.40. The first-order valence-corrected chi connectivity index (χ1v) is 12.3. The maximum Gasteiger partial charge on any atom is 0.290 e. The number of benzene rings is 1. The predicted molar refractivity (Wildman–Crippen MR) is 127 cm³/mol. The average molecular weight is 471 g/mol. The Morgan fingerprint density at radius 2 is 1.94 bits per heavy atom. The number of Topliss-reactive ketones (excluding diaryl/α,β-unsaturated/α-hetero) is 1. The van der Waals surface area contributed by atoms with Gasteiger partial charge in [-0.05, 0) is 42.0 Å². The van der Waals surface area contributed by atoms with Gasteiger partial charge in [-0.25, -0.2) is 0 Å². The molecule has 0 radical (unpaired) electrons. The minimum atomic E-state index is -0.628. The fourth-order valence-electron chi connectivity index (χ4n) is 4.26. The van der Waals surface area contributed by atoms with E-state index in [4.69, 9.17) is 9.47 Å². The normalized spacial score (nSPS) is 19.4. The van der Waals surface area contributed by atoms with Crippen molar-refractivity contribution in [3.63, 3.8) is 0 Å². The maximum atomic E-state index is 13.3. The van der Waals surface area contributed by atoms with Gasteiger partial charge in [0.2, 0.25) is 5.78 Å². The lowest BCUT2D eigenvalue weighted by atomic mass is 9.95. The van der Waals surface area contributed by atoms with Crippen LogP contribution in [-0.2, 0) is 9.53 Å². The second-order valence-corrected chi connectivity index (χ2v) is 9.14. The standard InChI is InChI=1S/C25H30N2O5S/c1-2-14-32-19-8-6-18(7-9-19)22-21(23(28)20-5-3-17-33-20)24(29)25(30)27(22)11-4-10-26-12-15-31-16-13-26/h3,5-9,17,22,29H,2,4,10-16H2,1H3/t22-/m1/s1. The van der Waals surface area contributed by atoms with Crippen molar-refractivity contribution >= 4 is 23.0 Å². The third kappa shape index (κ3) is 5.29. The number of aliphatic hydroxyl groups excluding tert-OH is 1. The van der Waals surface area contributed by atoms with Gasteiger partial charge in [-0.15, -0.1) is 11.3 Å². The zero-order valence-electron chi connectivity index (χ0n) is 18.9. The number of thiophene rings is 1. The lowest BCUT2D eigenvalue weighted by Gasteiger charge is -2.30. The van der Waals surface area contributed by atoms with Gasteiger partial charge in [-0.1, -0.05) is 25.1 Å². The number of hydrogen-bond donors (Lipinski definition) is 1. The molecule has 0 spiro atoms. The highest BCUT2D eigenvalue weighted by atomic mass is 32.1. The fraction of sp³-hybridized carbons (Fsp3) is 0.440. The molecule has 0 aliphatic carbocycles. The zero-order valence-corrected chi connectivity index (χ0v) is 19.7. The van der Waals surface area contributed by atoms with E-state index in [1.807, 2.05) is 36.6 Å². The predicted octanol–water partition coefficient (Wildman–Crippen LogP) is 3.84. The Morgan fingerprint density at radius 3 is 2.61 bits per heavy atom. The van der Waals surface area contributed by atoms with Crippen molar-refractivity contribution in [1.29, 1.82) is 0 Å². The molecule has 2 aromatic rings. The van der Waals surface area contributed by atoms with Crippen LogP contribution in [0.4, 0.5) is 0 Å². The van der Waals surface area contributed by atoms with Crippen molar-refractivity contribution < 1.29 is 24.2 Å². The highest BCUT2D eigenvalue weighted by molar-refractivity contribution is 7.12. The van der Waals surface area contributed by atoms with Crippen molar-refractivity contribution in [2.75, 3.05) is 46.0 Å². The van der Waals surface area contributed by atoms with Crippen LogP contribution in [-0.4, -0.2) is 72.6 Å². The highest BCUT2D eigenvalue weighted by Gasteiger charge is 2.43. The van der Waals surface area contributed by atoms with Crippen LogP contribution in [0.5, 0.6) is 5.75 Å². The van der Waals surface area contributed by atoms with Gasteiger partial charge in [0.05, 0.1) is 36.3 Å². The molecule has 1 aromatic carbocycles. The summed E-state index contributed by atoms with van der Waals surface area (Å²) in [6.45, 7) is 7.14. The number of rotatable bonds is 10. The molecular weight excluding hydrogens is 440 g/mol. The molecule has 7 nitrogen and oxygen atoms in total. The zero-order chi connectivity index (χ0) is 23.2. The van der Waals surface area contributed by atoms with E-state index in [2.05, 4.69) is 4.90 Å². The van der Waals surface area contributed by atoms with E-state index >= 15 is 0 Å². The Balaban J connectivity index is 1.58. The number of hydrogen-bond acceptors (Lipinski definition) is 7. The fourth-order valence-corrected chi connectivity index (χ4v) is 4.94. The lowest BCUT2D eigenvalue weighted by Crippen LogP contribution is -2.39. The molecule has 2 aliphatic rings. The first-order chi connectivity index (χ1) is 16.1. The number of carbonyl (C=O) groups excluding carboxylic acids is 2. The number of ketones is 1. The smallest absolute Gasteiger partial charge is 0.290 e. The van der Waals surface area contributed by atoms with Crippen molar-refractivity contribution in [3.8, 4) is 5.75 Å². The van der Waals surface area contributed by atoms with Crippen molar-refractivity contribution in [2.24, 2.45) is 0 Å². The van der Waals surface area contributed by atoms with E-state index in [0.717, 1.165) is 57.0 Å². The monoisotopic (exact) mass is 470 g/mol. The van der Waals surface area contributed by atoms with Crippen molar-refractivity contribution in [1.82, 2.24) is 9.80 Å². The molecule has 0 unspecified atom stereocenters. The SMILES string of the molecule is CCCOc1ccc([C@@H]2C(C(=O)c3cccs3)=C(O)C(=O)N2CCCN2CCOCC2)cc1.